The summed E-state index contributed by atoms with van der Waals surface area (Å²) >= 11 is 0. The zero-order valence-electron chi connectivity index (χ0n) is 19.5. The number of aromatic nitrogens is 1. The molecule has 0 radical (unpaired) electrons. The van der Waals surface area contributed by atoms with Gasteiger partial charge in [0.05, 0.1) is 6.26 Å². The van der Waals surface area contributed by atoms with Gasteiger partial charge in [0, 0.05) is 35.9 Å². The molecule has 0 atom stereocenters. The smallest absolute Gasteiger partial charge is 0.134 e. The lowest BCUT2D eigenvalue weighted by molar-refractivity contribution is 0.122. The van der Waals surface area contributed by atoms with Gasteiger partial charge in [0.25, 0.3) is 0 Å². The average Bonchev–Trinajstić information content (AvgIpc) is 3.28. The molecule has 3 heterocycles. The standard InChI is InChI=1S/C29H33N3O/c1-31(21-23-7-3-2-4-8-23)27-13-17-32(18-14-27)16-6-10-26-22-33-29-12-11-24(19-28(26)29)25-9-5-15-30-20-25/h2-5,7-9,11-12,15,19-20,22,27H,6,10,13-14,16-18,21H2,1H3. The van der Waals surface area contributed by atoms with Crippen LogP contribution in [0.25, 0.3) is 22.1 Å². The van der Waals surface area contributed by atoms with Crippen LogP contribution in [0.3, 0.4) is 0 Å². The van der Waals surface area contributed by atoms with Crippen molar-refractivity contribution >= 4 is 11.0 Å². The van der Waals surface area contributed by atoms with Gasteiger partial charge in [-0.2, -0.15) is 0 Å². The Balaban J connectivity index is 1.12. The molecular formula is C29H33N3O. The molecule has 2 aromatic carbocycles. The SMILES string of the molecule is CN(Cc1ccccc1)C1CCN(CCCc2coc3ccc(-c4cccnc4)cc23)CC1. The maximum absolute atomic E-state index is 5.84. The molecule has 4 nitrogen and oxygen atoms in total. The zero-order chi connectivity index (χ0) is 22.5. The lowest BCUT2D eigenvalue weighted by Gasteiger charge is -2.36. The summed E-state index contributed by atoms with van der Waals surface area (Å²) in [6.45, 7) is 4.59. The molecule has 0 N–H and O–H groups in total. The lowest BCUT2D eigenvalue weighted by atomic mass is 10.0. The van der Waals surface area contributed by atoms with Gasteiger partial charge in [0.2, 0.25) is 0 Å². The fourth-order valence-electron chi connectivity index (χ4n) is 5.07. The molecule has 1 fully saturated rings. The van der Waals surface area contributed by atoms with Crippen molar-refractivity contribution in [3.63, 3.8) is 0 Å². The van der Waals surface area contributed by atoms with Crippen molar-refractivity contribution in [3.8, 4) is 11.1 Å². The van der Waals surface area contributed by atoms with Crippen molar-refractivity contribution in [2.75, 3.05) is 26.7 Å². The Kier molecular flexibility index (Phi) is 6.84. The summed E-state index contributed by atoms with van der Waals surface area (Å²) < 4.78 is 5.84. The number of piperidine rings is 1. The molecule has 170 valence electrons. The summed E-state index contributed by atoms with van der Waals surface area (Å²) in [5.41, 5.74) is 6.03. The summed E-state index contributed by atoms with van der Waals surface area (Å²) in [5, 5.41) is 1.23. The largest absolute Gasteiger partial charge is 0.464 e. The van der Waals surface area contributed by atoms with Gasteiger partial charge in [-0.3, -0.25) is 9.88 Å². The summed E-state index contributed by atoms with van der Waals surface area (Å²) in [7, 11) is 2.27. The van der Waals surface area contributed by atoms with E-state index in [1.165, 1.54) is 48.0 Å². The molecule has 0 aliphatic carbocycles. The van der Waals surface area contributed by atoms with E-state index in [2.05, 4.69) is 76.4 Å². The van der Waals surface area contributed by atoms with Crippen LogP contribution in [0.1, 0.15) is 30.4 Å². The number of hydrogen-bond donors (Lipinski definition) is 0. The highest BCUT2D eigenvalue weighted by molar-refractivity contribution is 5.86. The maximum atomic E-state index is 5.84. The highest BCUT2D eigenvalue weighted by Crippen LogP contribution is 2.28. The van der Waals surface area contributed by atoms with E-state index in [9.17, 15) is 0 Å². The van der Waals surface area contributed by atoms with Crippen LogP contribution in [0.4, 0.5) is 0 Å². The van der Waals surface area contributed by atoms with Crippen molar-refractivity contribution in [2.24, 2.45) is 0 Å². The lowest BCUT2D eigenvalue weighted by Crippen LogP contribution is -2.43. The Bertz CT molecular complexity index is 1150. The second kappa shape index (κ2) is 10.3. The third-order valence-corrected chi connectivity index (χ3v) is 7.02. The van der Waals surface area contributed by atoms with Gasteiger partial charge in [0.1, 0.15) is 5.58 Å². The predicted octanol–water partition coefficient (Wildman–Crippen LogP) is 6.02. The highest BCUT2D eigenvalue weighted by Gasteiger charge is 2.22. The monoisotopic (exact) mass is 439 g/mol. The first-order chi connectivity index (χ1) is 16.3. The molecule has 1 saturated heterocycles. The van der Waals surface area contributed by atoms with E-state index in [0.717, 1.165) is 37.1 Å². The molecule has 33 heavy (non-hydrogen) atoms. The zero-order valence-corrected chi connectivity index (χ0v) is 19.5. The molecule has 0 amide bonds. The van der Waals surface area contributed by atoms with Crippen LogP contribution in [0.5, 0.6) is 0 Å². The molecule has 4 aromatic rings. The number of rotatable bonds is 8. The Labute approximate surface area is 196 Å². The maximum Gasteiger partial charge on any atom is 0.134 e. The second-order valence-electron chi connectivity index (χ2n) is 9.29. The van der Waals surface area contributed by atoms with Crippen molar-refractivity contribution in [1.29, 1.82) is 0 Å². The van der Waals surface area contributed by atoms with Crippen LogP contribution in [0, 0.1) is 0 Å². The minimum Gasteiger partial charge on any atom is -0.464 e. The quantitative estimate of drug-likeness (QED) is 0.336. The van der Waals surface area contributed by atoms with E-state index in [4.69, 9.17) is 4.42 Å². The Morgan fingerprint density at radius 1 is 1.00 bits per heavy atom. The summed E-state index contributed by atoms with van der Waals surface area (Å²) in [5.74, 6) is 0. The first-order valence-corrected chi connectivity index (χ1v) is 12.1. The van der Waals surface area contributed by atoms with Crippen LogP contribution in [-0.2, 0) is 13.0 Å². The number of furan rings is 1. The van der Waals surface area contributed by atoms with Gasteiger partial charge in [-0.25, -0.2) is 0 Å². The van der Waals surface area contributed by atoms with Gasteiger partial charge in [-0.15, -0.1) is 0 Å². The third kappa shape index (κ3) is 5.35. The first-order valence-electron chi connectivity index (χ1n) is 12.1. The molecule has 0 bridgehead atoms. The van der Waals surface area contributed by atoms with Crippen LogP contribution in [0.15, 0.2) is 83.7 Å². The number of likely N-dealkylation sites (tertiary alicyclic amines) is 1. The summed E-state index contributed by atoms with van der Waals surface area (Å²) in [6.07, 6.45) is 10.4. The van der Waals surface area contributed by atoms with Crippen molar-refractivity contribution in [2.45, 2.75) is 38.3 Å². The topological polar surface area (TPSA) is 32.5 Å². The predicted molar refractivity (Wildman–Crippen MR) is 135 cm³/mol. The highest BCUT2D eigenvalue weighted by atomic mass is 16.3. The normalized spacial score (nSPS) is 15.5. The number of fused-ring (bicyclic) bond motifs is 1. The van der Waals surface area contributed by atoms with Gasteiger partial charge >= 0.3 is 0 Å². The summed E-state index contributed by atoms with van der Waals surface area (Å²) in [4.78, 5) is 9.42. The van der Waals surface area contributed by atoms with E-state index in [1.807, 2.05) is 24.7 Å². The Morgan fingerprint density at radius 3 is 2.64 bits per heavy atom. The minimum atomic E-state index is 0.685. The fourth-order valence-corrected chi connectivity index (χ4v) is 5.07. The molecule has 0 saturated carbocycles. The number of aryl methyl sites for hydroxylation is 1. The Morgan fingerprint density at radius 2 is 1.85 bits per heavy atom. The van der Waals surface area contributed by atoms with Crippen LogP contribution in [-0.4, -0.2) is 47.5 Å². The number of benzene rings is 2. The van der Waals surface area contributed by atoms with Crippen LogP contribution >= 0.6 is 0 Å². The van der Waals surface area contributed by atoms with Crippen molar-refractivity contribution in [3.05, 3.63) is 90.4 Å². The van der Waals surface area contributed by atoms with E-state index in [1.54, 1.807) is 0 Å². The molecule has 5 rings (SSSR count). The van der Waals surface area contributed by atoms with E-state index in [0.29, 0.717) is 6.04 Å². The molecule has 1 aliphatic heterocycles. The molecule has 1 aliphatic rings. The molecule has 2 aromatic heterocycles. The van der Waals surface area contributed by atoms with Gasteiger partial charge in [-0.1, -0.05) is 42.5 Å². The van der Waals surface area contributed by atoms with Gasteiger partial charge in [0.15, 0.2) is 0 Å². The van der Waals surface area contributed by atoms with E-state index < -0.39 is 0 Å². The van der Waals surface area contributed by atoms with Crippen molar-refractivity contribution in [1.82, 2.24) is 14.8 Å². The molecule has 4 heteroatoms. The first kappa shape index (κ1) is 21.9. The van der Waals surface area contributed by atoms with E-state index in [-0.39, 0.29) is 0 Å². The van der Waals surface area contributed by atoms with Crippen molar-refractivity contribution < 1.29 is 4.42 Å². The van der Waals surface area contributed by atoms with Crippen LogP contribution in [0.2, 0.25) is 0 Å². The van der Waals surface area contributed by atoms with Gasteiger partial charge in [-0.05, 0) is 87.3 Å². The van der Waals surface area contributed by atoms with Crippen LogP contribution < -0.4 is 0 Å². The van der Waals surface area contributed by atoms with E-state index >= 15 is 0 Å². The number of hydrogen-bond acceptors (Lipinski definition) is 4. The molecule has 0 spiro atoms. The Hall–Kier alpha value is -2.95. The minimum absolute atomic E-state index is 0.685. The second-order valence-corrected chi connectivity index (χ2v) is 9.29. The average molecular weight is 440 g/mol. The summed E-state index contributed by atoms with van der Waals surface area (Å²) in [6, 6.07) is 22.0. The third-order valence-electron chi connectivity index (χ3n) is 7.02. The fraction of sp³-hybridized carbons (Fsp3) is 0.345. The number of pyridine rings is 1. The van der Waals surface area contributed by atoms with Gasteiger partial charge < -0.3 is 9.32 Å². The molecule has 0 unspecified atom stereocenters. The molecular weight excluding hydrogens is 406 g/mol. The number of nitrogens with zero attached hydrogens (tertiary/aromatic N) is 3.